The molecule has 3 nitrogen and oxygen atoms in total. The minimum absolute atomic E-state index is 0.404. The van der Waals surface area contributed by atoms with E-state index in [0.29, 0.717) is 11.1 Å². The summed E-state index contributed by atoms with van der Waals surface area (Å²) in [5.41, 5.74) is 0. The molecule has 2 aliphatic heterocycles. The number of epoxide rings is 1. The average Bonchev–Trinajstić information content (AvgIpc) is 3.09. The predicted octanol–water partition coefficient (Wildman–Crippen LogP) is 2.44. The fraction of sp³-hybridized carbons (Fsp3) is 1.00. The van der Waals surface area contributed by atoms with Gasteiger partial charge in [-0.3, -0.25) is 0 Å². The second-order valence-electron chi connectivity index (χ2n) is 8.16. The summed E-state index contributed by atoms with van der Waals surface area (Å²) in [6.45, 7) is 16.4. The van der Waals surface area contributed by atoms with Crippen LogP contribution in [0.4, 0.5) is 0 Å². The molecule has 0 N–H and O–H groups in total. The van der Waals surface area contributed by atoms with Crippen molar-refractivity contribution in [2.75, 3.05) is 26.4 Å². The predicted molar refractivity (Wildman–Crippen MR) is 92.2 cm³/mol. The van der Waals surface area contributed by atoms with Crippen molar-refractivity contribution in [1.29, 1.82) is 0 Å². The number of hydrogen-bond donors (Lipinski definition) is 0. The zero-order valence-corrected chi connectivity index (χ0v) is 17.2. The van der Waals surface area contributed by atoms with Gasteiger partial charge in [-0.25, -0.2) is 0 Å². The monoisotopic (exact) mass is 332 g/mol. The Morgan fingerprint density at radius 2 is 2.00 bits per heavy atom. The summed E-state index contributed by atoms with van der Waals surface area (Å²) in [5.74, 6) is 0. The first-order chi connectivity index (χ1) is 9.31. The second kappa shape index (κ2) is 6.75. The summed E-state index contributed by atoms with van der Waals surface area (Å²) in [6.07, 6.45) is 1.61. The Hall–Kier alpha value is 0.531. The maximum absolute atomic E-state index is 6.35. The third kappa shape index (κ3) is 4.78. The minimum Gasteiger partial charge on any atom is -0.424 e. The molecule has 0 amide bonds. The topological polar surface area (TPSA) is 31.0 Å². The molecule has 0 spiro atoms. The Labute approximate surface area is 128 Å². The van der Waals surface area contributed by atoms with Crippen molar-refractivity contribution in [2.45, 2.75) is 63.5 Å². The van der Waals surface area contributed by atoms with E-state index in [1.165, 1.54) is 18.5 Å². The van der Waals surface area contributed by atoms with Gasteiger partial charge in [0.2, 0.25) is 0 Å². The fourth-order valence-electron chi connectivity index (χ4n) is 3.97. The number of hydrogen-bond acceptors (Lipinski definition) is 3. The quantitative estimate of drug-likeness (QED) is 0.425. The van der Waals surface area contributed by atoms with Crippen LogP contribution in [-0.2, 0) is 13.9 Å². The Kier molecular flexibility index (Phi) is 5.70. The molecule has 20 heavy (non-hydrogen) atoms. The molecule has 118 valence electrons. The lowest BCUT2D eigenvalue weighted by atomic mass is 10.3. The van der Waals surface area contributed by atoms with Gasteiger partial charge in [0.25, 0.3) is 0 Å². The minimum atomic E-state index is -0.980. The van der Waals surface area contributed by atoms with Crippen molar-refractivity contribution >= 4 is 24.0 Å². The molecule has 2 aliphatic rings. The summed E-state index contributed by atoms with van der Waals surface area (Å²) in [4.78, 5) is 0. The van der Waals surface area contributed by atoms with Gasteiger partial charge >= 0.3 is 0 Å². The van der Waals surface area contributed by atoms with Crippen LogP contribution in [0.1, 0.15) is 27.2 Å². The van der Waals surface area contributed by atoms with Crippen LogP contribution in [0.15, 0.2) is 0 Å². The van der Waals surface area contributed by atoms with Crippen LogP contribution < -0.4 is 0 Å². The Bertz CT molecular complexity index is 313. The van der Waals surface area contributed by atoms with Gasteiger partial charge in [-0.05, 0) is 23.5 Å². The smallest absolute Gasteiger partial charge is 0.160 e. The van der Waals surface area contributed by atoms with Crippen molar-refractivity contribution < 1.29 is 13.9 Å². The molecule has 0 aromatic rings. The zero-order valence-electron chi connectivity index (χ0n) is 13.9. The highest BCUT2D eigenvalue weighted by Gasteiger charge is 2.49. The number of ether oxygens (including phenoxy) is 2. The molecule has 0 aromatic heterocycles. The lowest BCUT2D eigenvalue weighted by molar-refractivity contribution is 0.116. The molecule has 3 atom stereocenters. The van der Waals surface area contributed by atoms with Gasteiger partial charge in [0, 0.05) is 20.8 Å². The van der Waals surface area contributed by atoms with Gasteiger partial charge in [0.15, 0.2) is 8.56 Å². The summed E-state index contributed by atoms with van der Waals surface area (Å²) in [6, 6.07) is 2.75. The van der Waals surface area contributed by atoms with E-state index in [1.54, 1.807) is 0 Å². The Balaban J connectivity index is 1.80. The SMILES string of the molecule is CC(C)(C)[SiH]1[SiH](CCCOCC2CO2)OCC[Si]1(C)C. The van der Waals surface area contributed by atoms with Crippen LogP contribution in [-0.4, -0.2) is 56.5 Å². The highest BCUT2D eigenvalue weighted by atomic mass is 29.6. The lowest BCUT2D eigenvalue weighted by Gasteiger charge is -2.47. The van der Waals surface area contributed by atoms with Gasteiger partial charge < -0.3 is 13.9 Å². The van der Waals surface area contributed by atoms with E-state index in [9.17, 15) is 0 Å². The van der Waals surface area contributed by atoms with Crippen LogP contribution in [0.3, 0.4) is 0 Å². The third-order valence-corrected chi connectivity index (χ3v) is 38.9. The molecule has 0 saturated carbocycles. The summed E-state index contributed by atoms with van der Waals surface area (Å²) < 4.78 is 17.2. The van der Waals surface area contributed by atoms with Crippen molar-refractivity contribution in [3.05, 3.63) is 0 Å². The molecule has 6 heteroatoms. The normalized spacial score (nSPS) is 33.1. The van der Waals surface area contributed by atoms with Gasteiger partial charge in [-0.1, -0.05) is 33.9 Å². The van der Waals surface area contributed by atoms with Crippen LogP contribution in [0, 0.1) is 0 Å². The van der Waals surface area contributed by atoms with Gasteiger partial charge in [0.1, 0.15) is 6.10 Å². The number of rotatable bonds is 6. The first kappa shape index (κ1) is 16.9. The molecule has 2 saturated heterocycles. The van der Waals surface area contributed by atoms with Gasteiger partial charge in [-0.15, -0.1) is 0 Å². The van der Waals surface area contributed by atoms with Crippen LogP contribution in [0.5, 0.6) is 0 Å². The van der Waals surface area contributed by atoms with Gasteiger partial charge in [0.05, 0.1) is 21.0 Å². The fourth-order valence-corrected chi connectivity index (χ4v) is 41.6. The summed E-state index contributed by atoms with van der Waals surface area (Å²) in [7, 11) is -2.66. The largest absolute Gasteiger partial charge is 0.424 e. The van der Waals surface area contributed by atoms with Crippen molar-refractivity contribution in [3.63, 3.8) is 0 Å². The Morgan fingerprint density at radius 1 is 1.30 bits per heavy atom. The molecule has 2 rings (SSSR count). The highest BCUT2D eigenvalue weighted by molar-refractivity contribution is 7.56. The van der Waals surface area contributed by atoms with Crippen LogP contribution >= 0.6 is 0 Å². The maximum Gasteiger partial charge on any atom is 0.160 e. The van der Waals surface area contributed by atoms with Gasteiger partial charge in [-0.2, -0.15) is 0 Å². The first-order valence-corrected chi connectivity index (χ1v) is 17.7. The standard InChI is InChI=1S/C14H32O3Si3/c1-14(2,3)19-18(17-8-10-20(19,4)5)9-6-7-15-11-13-12-16-13/h13,18-19H,6-12H2,1-5H3. The average molecular weight is 333 g/mol. The molecular weight excluding hydrogens is 300 g/mol. The third-order valence-electron chi connectivity index (χ3n) is 4.71. The molecule has 2 fully saturated rings. The second-order valence-corrected chi connectivity index (χ2v) is 30.1. The van der Waals surface area contributed by atoms with Crippen LogP contribution in [0.2, 0.25) is 30.2 Å². The van der Waals surface area contributed by atoms with E-state index >= 15 is 0 Å². The van der Waals surface area contributed by atoms with E-state index in [1.807, 2.05) is 0 Å². The molecule has 0 radical (unpaired) electrons. The summed E-state index contributed by atoms with van der Waals surface area (Å²) in [5, 5.41) is 0.551. The summed E-state index contributed by atoms with van der Waals surface area (Å²) >= 11 is 0. The van der Waals surface area contributed by atoms with Crippen molar-refractivity contribution in [1.82, 2.24) is 0 Å². The van der Waals surface area contributed by atoms with E-state index < -0.39 is 24.0 Å². The molecular formula is C14H32O3Si3. The van der Waals surface area contributed by atoms with E-state index in [-0.39, 0.29) is 0 Å². The maximum atomic E-state index is 6.35. The zero-order chi connectivity index (χ0) is 14.8. The van der Waals surface area contributed by atoms with E-state index in [2.05, 4.69) is 33.9 Å². The van der Waals surface area contributed by atoms with Crippen molar-refractivity contribution in [2.24, 2.45) is 0 Å². The Morgan fingerprint density at radius 3 is 2.60 bits per heavy atom. The molecule has 0 bridgehead atoms. The van der Waals surface area contributed by atoms with E-state index in [4.69, 9.17) is 13.9 Å². The molecule has 0 aromatic carbocycles. The molecule has 2 heterocycles. The van der Waals surface area contributed by atoms with Crippen molar-refractivity contribution in [3.8, 4) is 0 Å². The molecule has 3 unspecified atom stereocenters. The molecule has 0 aliphatic carbocycles. The van der Waals surface area contributed by atoms with E-state index in [0.717, 1.165) is 26.4 Å². The van der Waals surface area contributed by atoms with Crippen LogP contribution in [0.25, 0.3) is 0 Å². The lowest BCUT2D eigenvalue weighted by Crippen LogP contribution is -2.65. The highest BCUT2D eigenvalue weighted by Crippen LogP contribution is 2.39. The first-order valence-electron chi connectivity index (χ1n) is 8.12.